The summed E-state index contributed by atoms with van der Waals surface area (Å²) in [5.74, 6) is -3.38. The standard InChI is InChI=1S/C12H13ClF2O3/c13-8-3-1-7(2-4-8)12(14,15)11-10(17)9(16)5-6-18-11/h1-4,9-11,16-17H,5-6H2. The fourth-order valence-corrected chi connectivity index (χ4v) is 2.07. The van der Waals surface area contributed by atoms with Gasteiger partial charge in [0.1, 0.15) is 6.10 Å². The van der Waals surface area contributed by atoms with Crippen molar-refractivity contribution in [2.45, 2.75) is 30.7 Å². The first kappa shape index (κ1) is 13.7. The Balaban J connectivity index is 2.26. The molecule has 0 saturated carbocycles. The lowest BCUT2D eigenvalue weighted by molar-refractivity contribution is -0.227. The van der Waals surface area contributed by atoms with E-state index < -0.39 is 24.2 Å². The molecule has 1 aliphatic heterocycles. The van der Waals surface area contributed by atoms with Crippen LogP contribution in [0.5, 0.6) is 0 Å². The Morgan fingerprint density at radius 1 is 1.22 bits per heavy atom. The Morgan fingerprint density at radius 3 is 2.44 bits per heavy atom. The molecule has 0 aromatic heterocycles. The van der Waals surface area contributed by atoms with Gasteiger partial charge in [-0.1, -0.05) is 23.7 Å². The molecule has 0 bridgehead atoms. The third-order valence-electron chi connectivity index (χ3n) is 3.00. The monoisotopic (exact) mass is 278 g/mol. The van der Waals surface area contributed by atoms with Crippen LogP contribution in [0.3, 0.4) is 0 Å². The highest BCUT2D eigenvalue weighted by atomic mass is 35.5. The normalized spacial score (nSPS) is 29.3. The van der Waals surface area contributed by atoms with Gasteiger partial charge in [-0.3, -0.25) is 0 Å². The van der Waals surface area contributed by atoms with E-state index in [4.69, 9.17) is 16.3 Å². The topological polar surface area (TPSA) is 49.7 Å². The van der Waals surface area contributed by atoms with E-state index in [0.29, 0.717) is 5.02 Å². The van der Waals surface area contributed by atoms with Crippen molar-refractivity contribution in [1.82, 2.24) is 0 Å². The molecule has 0 spiro atoms. The van der Waals surface area contributed by atoms with Gasteiger partial charge in [0, 0.05) is 17.2 Å². The lowest BCUT2D eigenvalue weighted by Crippen LogP contribution is -2.52. The smallest absolute Gasteiger partial charge is 0.301 e. The number of halogens is 3. The summed E-state index contributed by atoms with van der Waals surface area (Å²) < 4.78 is 33.2. The number of aliphatic hydroxyl groups excluding tert-OH is 2. The summed E-state index contributed by atoms with van der Waals surface area (Å²) in [4.78, 5) is 0. The van der Waals surface area contributed by atoms with Gasteiger partial charge in [-0.2, -0.15) is 8.78 Å². The quantitative estimate of drug-likeness (QED) is 0.869. The number of hydrogen-bond donors (Lipinski definition) is 2. The summed E-state index contributed by atoms with van der Waals surface area (Å²) in [6, 6.07) is 5.05. The third kappa shape index (κ3) is 2.49. The fraction of sp³-hybridized carbons (Fsp3) is 0.500. The van der Waals surface area contributed by atoms with Gasteiger partial charge in [-0.25, -0.2) is 0 Å². The summed E-state index contributed by atoms with van der Waals surface area (Å²) in [5, 5.41) is 19.4. The highest BCUT2D eigenvalue weighted by Gasteiger charge is 2.50. The number of hydrogen-bond acceptors (Lipinski definition) is 3. The van der Waals surface area contributed by atoms with E-state index in [0.717, 1.165) is 0 Å². The van der Waals surface area contributed by atoms with Crippen LogP contribution in [0.15, 0.2) is 24.3 Å². The summed E-state index contributed by atoms with van der Waals surface area (Å²) in [5.41, 5.74) is -0.301. The second-order valence-electron chi connectivity index (χ2n) is 4.27. The molecule has 0 amide bonds. The van der Waals surface area contributed by atoms with E-state index in [1.54, 1.807) is 0 Å². The maximum Gasteiger partial charge on any atom is 0.301 e. The van der Waals surface area contributed by atoms with Crippen LogP contribution in [-0.4, -0.2) is 35.1 Å². The van der Waals surface area contributed by atoms with Gasteiger partial charge in [0.2, 0.25) is 0 Å². The van der Waals surface area contributed by atoms with Gasteiger partial charge in [0.05, 0.1) is 6.10 Å². The van der Waals surface area contributed by atoms with Crippen LogP contribution in [0.2, 0.25) is 5.02 Å². The largest absolute Gasteiger partial charge is 0.390 e. The van der Waals surface area contributed by atoms with Crippen LogP contribution >= 0.6 is 11.6 Å². The van der Waals surface area contributed by atoms with Gasteiger partial charge in [-0.15, -0.1) is 0 Å². The van der Waals surface area contributed by atoms with E-state index in [-0.39, 0.29) is 18.6 Å². The van der Waals surface area contributed by atoms with Crippen LogP contribution in [0.4, 0.5) is 8.78 Å². The SMILES string of the molecule is OC1CCOC(C(F)(F)c2ccc(Cl)cc2)C1O. The maximum atomic E-state index is 14.2. The molecule has 1 aromatic rings. The average Bonchev–Trinajstić information content (AvgIpc) is 2.33. The number of rotatable bonds is 2. The first-order chi connectivity index (χ1) is 8.43. The first-order valence-corrected chi connectivity index (χ1v) is 5.92. The molecule has 3 atom stereocenters. The van der Waals surface area contributed by atoms with Crippen molar-refractivity contribution in [2.24, 2.45) is 0 Å². The minimum atomic E-state index is -3.38. The number of ether oxygens (including phenoxy) is 1. The molecule has 3 nitrogen and oxygen atoms in total. The molecule has 0 aliphatic carbocycles. The molecule has 3 unspecified atom stereocenters. The molecule has 1 fully saturated rings. The highest BCUT2D eigenvalue weighted by molar-refractivity contribution is 6.30. The fourth-order valence-electron chi connectivity index (χ4n) is 1.94. The summed E-state index contributed by atoms with van der Waals surface area (Å²) in [6.07, 6.45) is -4.40. The Bertz CT molecular complexity index is 410. The summed E-state index contributed by atoms with van der Waals surface area (Å²) in [7, 11) is 0. The van der Waals surface area contributed by atoms with Crippen LogP contribution < -0.4 is 0 Å². The Kier molecular flexibility index (Phi) is 3.87. The molecule has 1 heterocycles. The predicted octanol–water partition coefficient (Wildman–Crippen LogP) is 1.94. The molecular weight excluding hydrogens is 266 g/mol. The zero-order chi connectivity index (χ0) is 13.3. The van der Waals surface area contributed by atoms with E-state index >= 15 is 0 Å². The van der Waals surface area contributed by atoms with E-state index in [9.17, 15) is 19.0 Å². The Morgan fingerprint density at radius 2 is 1.83 bits per heavy atom. The molecule has 18 heavy (non-hydrogen) atoms. The van der Waals surface area contributed by atoms with Crippen LogP contribution in [0.1, 0.15) is 12.0 Å². The van der Waals surface area contributed by atoms with Crippen molar-refractivity contribution >= 4 is 11.6 Å². The van der Waals surface area contributed by atoms with Crippen molar-refractivity contribution in [1.29, 1.82) is 0 Å². The molecule has 2 N–H and O–H groups in total. The Labute approximate surface area is 108 Å². The first-order valence-electron chi connectivity index (χ1n) is 5.54. The molecule has 6 heteroatoms. The van der Waals surface area contributed by atoms with E-state index in [2.05, 4.69) is 0 Å². The summed E-state index contributed by atoms with van der Waals surface area (Å²) in [6.45, 7) is -0.00786. The van der Waals surface area contributed by atoms with Gasteiger partial charge >= 0.3 is 5.92 Å². The molecule has 2 rings (SSSR count). The van der Waals surface area contributed by atoms with Crippen LogP contribution in [0.25, 0.3) is 0 Å². The van der Waals surface area contributed by atoms with Crippen molar-refractivity contribution in [3.63, 3.8) is 0 Å². The van der Waals surface area contributed by atoms with Crippen molar-refractivity contribution in [2.75, 3.05) is 6.61 Å². The van der Waals surface area contributed by atoms with Crippen molar-refractivity contribution < 1.29 is 23.7 Å². The number of aliphatic hydroxyl groups is 2. The third-order valence-corrected chi connectivity index (χ3v) is 3.25. The zero-order valence-electron chi connectivity index (χ0n) is 9.39. The molecule has 1 aliphatic rings. The van der Waals surface area contributed by atoms with Crippen LogP contribution in [-0.2, 0) is 10.7 Å². The maximum absolute atomic E-state index is 14.2. The number of alkyl halides is 2. The number of benzene rings is 1. The van der Waals surface area contributed by atoms with Gasteiger partial charge in [-0.05, 0) is 18.6 Å². The molecule has 0 radical (unpaired) electrons. The average molecular weight is 279 g/mol. The van der Waals surface area contributed by atoms with Gasteiger partial charge in [0.25, 0.3) is 0 Å². The lowest BCUT2D eigenvalue weighted by atomic mass is 9.93. The van der Waals surface area contributed by atoms with E-state index in [1.165, 1.54) is 24.3 Å². The van der Waals surface area contributed by atoms with Crippen LogP contribution in [0, 0.1) is 0 Å². The molecule has 100 valence electrons. The van der Waals surface area contributed by atoms with Crippen molar-refractivity contribution in [3.05, 3.63) is 34.9 Å². The van der Waals surface area contributed by atoms with E-state index in [1.807, 2.05) is 0 Å². The lowest BCUT2D eigenvalue weighted by Gasteiger charge is -2.36. The Hall–Kier alpha value is -0.750. The molecule has 1 saturated heterocycles. The molecule has 1 aromatic carbocycles. The van der Waals surface area contributed by atoms with Gasteiger partial charge < -0.3 is 14.9 Å². The highest BCUT2D eigenvalue weighted by Crippen LogP contribution is 2.38. The minimum absolute atomic E-state index is 0.00786. The minimum Gasteiger partial charge on any atom is -0.390 e. The second kappa shape index (κ2) is 5.09. The molecular formula is C12H13ClF2O3. The summed E-state index contributed by atoms with van der Waals surface area (Å²) >= 11 is 5.63. The predicted molar refractivity (Wildman–Crippen MR) is 61.7 cm³/mol. The van der Waals surface area contributed by atoms with Gasteiger partial charge in [0.15, 0.2) is 6.10 Å². The zero-order valence-corrected chi connectivity index (χ0v) is 10.1. The second-order valence-corrected chi connectivity index (χ2v) is 4.70. The van der Waals surface area contributed by atoms with Crippen molar-refractivity contribution in [3.8, 4) is 0 Å².